The number of anilines is 1. The van der Waals surface area contributed by atoms with Gasteiger partial charge in [0.25, 0.3) is 10.0 Å². The van der Waals surface area contributed by atoms with Crippen molar-refractivity contribution in [2.45, 2.75) is 38.0 Å². The smallest absolute Gasteiger partial charge is 0.264 e. The Morgan fingerprint density at radius 3 is 2.32 bits per heavy atom. The van der Waals surface area contributed by atoms with Crippen LogP contribution in [0.3, 0.4) is 0 Å². The van der Waals surface area contributed by atoms with Crippen molar-refractivity contribution in [1.82, 2.24) is 5.32 Å². The zero-order valence-electron chi connectivity index (χ0n) is 18.7. The molecule has 0 aromatic heterocycles. The van der Waals surface area contributed by atoms with Gasteiger partial charge >= 0.3 is 0 Å². The summed E-state index contributed by atoms with van der Waals surface area (Å²) in [6.45, 7) is 5.03. The highest BCUT2D eigenvalue weighted by Crippen LogP contribution is 2.27. The molecule has 8 heteroatoms. The molecule has 170 valence electrons. The molecule has 1 N–H and O–H groups in total. The number of nitrogens with one attached hydrogen (secondary N) is 1. The summed E-state index contributed by atoms with van der Waals surface area (Å²) in [6, 6.07) is 11.8. The maximum absolute atomic E-state index is 13.4. The van der Waals surface area contributed by atoms with Crippen LogP contribution in [-0.4, -0.2) is 48.2 Å². The Morgan fingerprint density at radius 1 is 1.00 bits per heavy atom. The molecule has 0 spiro atoms. The second kappa shape index (κ2) is 11.7. The summed E-state index contributed by atoms with van der Waals surface area (Å²) in [4.78, 5) is 12.5. The topological polar surface area (TPSA) is 84.9 Å². The highest BCUT2D eigenvalue weighted by Gasteiger charge is 2.26. The summed E-state index contributed by atoms with van der Waals surface area (Å²) in [5.74, 6) is 0.437. The number of unbranched alkanes of at least 4 members (excludes halogenated alkanes) is 1. The van der Waals surface area contributed by atoms with Crippen molar-refractivity contribution in [3.8, 4) is 5.75 Å². The van der Waals surface area contributed by atoms with Crippen LogP contribution in [-0.2, 0) is 19.6 Å². The maximum atomic E-state index is 13.4. The monoisotopic (exact) mass is 448 g/mol. The number of carbonyl (C=O) groups excluding carboxylic acids is 1. The third-order valence-electron chi connectivity index (χ3n) is 5.07. The van der Waals surface area contributed by atoms with Crippen molar-refractivity contribution < 1.29 is 22.7 Å². The molecule has 1 amide bonds. The summed E-state index contributed by atoms with van der Waals surface area (Å²) < 4.78 is 38.3. The van der Waals surface area contributed by atoms with Crippen molar-refractivity contribution >= 4 is 21.6 Å². The first-order valence-electron chi connectivity index (χ1n) is 10.3. The predicted molar refractivity (Wildman–Crippen MR) is 122 cm³/mol. The van der Waals surface area contributed by atoms with Gasteiger partial charge in [-0.05, 0) is 74.2 Å². The molecule has 0 atom stereocenters. The predicted octanol–water partition coefficient (Wildman–Crippen LogP) is 3.44. The van der Waals surface area contributed by atoms with Crippen LogP contribution >= 0.6 is 0 Å². The number of rotatable bonds is 12. The van der Waals surface area contributed by atoms with E-state index in [9.17, 15) is 13.2 Å². The lowest BCUT2D eigenvalue weighted by molar-refractivity contribution is -0.120. The van der Waals surface area contributed by atoms with E-state index in [1.807, 2.05) is 13.8 Å². The Kier molecular flexibility index (Phi) is 9.33. The molecule has 7 nitrogen and oxygen atoms in total. The van der Waals surface area contributed by atoms with Gasteiger partial charge in [0, 0.05) is 33.2 Å². The molecule has 0 saturated heterocycles. The molecule has 0 saturated carbocycles. The van der Waals surface area contributed by atoms with E-state index in [0.717, 1.165) is 24.0 Å². The molecule has 0 unspecified atom stereocenters. The molecule has 2 aromatic rings. The Labute approximate surface area is 185 Å². The van der Waals surface area contributed by atoms with E-state index >= 15 is 0 Å². The van der Waals surface area contributed by atoms with Crippen molar-refractivity contribution in [2.24, 2.45) is 0 Å². The first kappa shape index (κ1) is 24.7. The number of sulfonamides is 1. The first-order valence-corrected chi connectivity index (χ1v) is 11.7. The normalized spacial score (nSPS) is 11.2. The summed E-state index contributed by atoms with van der Waals surface area (Å²) in [5.41, 5.74) is 2.39. The molecule has 0 aliphatic rings. The minimum Gasteiger partial charge on any atom is -0.497 e. The number of nitrogens with zero attached hydrogens (tertiary/aromatic N) is 1. The molecule has 2 rings (SSSR count). The van der Waals surface area contributed by atoms with Gasteiger partial charge in [-0.15, -0.1) is 0 Å². The average Bonchev–Trinajstić information content (AvgIpc) is 2.75. The first-order chi connectivity index (χ1) is 14.8. The van der Waals surface area contributed by atoms with Crippen LogP contribution in [0.4, 0.5) is 5.69 Å². The van der Waals surface area contributed by atoms with Gasteiger partial charge in [0.05, 0.1) is 17.7 Å². The Balaban J connectivity index is 2.20. The molecule has 0 fully saturated rings. The van der Waals surface area contributed by atoms with Gasteiger partial charge in [-0.25, -0.2) is 8.42 Å². The second-order valence-corrected chi connectivity index (χ2v) is 9.18. The number of carbonyl (C=O) groups is 1. The molecule has 0 heterocycles. The number of hydrogen-bond acceptors (Lipinski definition) is 5. The van der Waals surface area contributed by atoms with Gasteiger partial charge in [0.15, 0.2) is 0 Å². The van der Waals surface area contributed by atoms with Crippen LogP contribution in [0.25, 0.3) is 0 Å². The van der Waals surface area contributed by atoms with Crippen LogP contribution in [0, 0.1) is 13.8 Å². The van der Waals surface area contributed by atoms with E-state index in [-0.39, 0.29) is 23.8 Å². The lowest BCUT2D eigenvalue weighted by Gasteiger charge is -2.25. The number of hydrogen-bond donors (Lipinski definition) is 1. The molecule has 0 bridgehead atoms. The standard InChI is InChI=1S/C23H32N2O5S/c1-18-7-12-22(17-19(18)2)31(27,28)25(20-8-10-21(30-4)11-9-20)15-13-23(26)24-14-5-6-16-29-3/h7-12,17H,5-6,13-16H2,1-4H3,(H,24,26). The van der Waals surface area contributed by atoms with Gasteiger partial charge in [-0.2, -0.15) is 0 Å². The zero-order chi connectivity index (χ0) is 22.9. The average molecular weight is 449 g/mol. The highest BCUT2D eigenvalue weighted by atomic mass is 32.2. The Morgan fingerprint density at radius 2 is 1.71 bits per heavy atom. The van der Waals surface area contributed by atoms with Gasteiger partial charge in [0.1, 0.15) is 5.75 Å². The summed E-state index contributed by atoms with van der Waals surface area (Å²) in [7, 11) is -0.653. The van der Waals surface area contributed by atoms with Crippen LogP contribution in [0.5, 0.6) is 5.75 Å². The minimum atomic E-state index is -3.85. The molecular formula is C23H32N2O5S. The maximum Gasteiger partial charge on any atom is 0.264 e. The van der Waals surface area contributed by atoms with Crippen molar-refractivity contribution in [3.05, 3.63) is 53.6 Å². The lowest BCUT2D eigenvalue weighted by Crippen LogP contribution is -2.35. The van der Waals surface area contributed by atoms with E-state index < -0.39 is 10.0 Å². The fraction of sp³-hybridized carbons (Fsp3) is 0.435. The molecule has 0 aliphatic heterocycles. The molecular weight excluding hydrogens is 416 g/mol. The van der Waals surface area contributed by atoms with Crippen molar-refractivity contribution in [2.75, 3.05) is 38.2 Å². The van der Waals surface area contributed by atoms with Gasteiger partial charge in [0.2, 0.25) is 5.91 Å². The third kappa shape index (κ3) is 6.97. The number of methoxy groups -OCH3 is 2. The Bertz CT molecular complexity index is 958. The third-order valence-corrected chi connectivity index (χ3v) is 6.89. The quantitative estimate of drug-likeness (QED) is 0.503. The minimum absolute atomic E-state index is 0.0332. The van der Waals surface area contributed by atoms with E-state index in [1.165, 1.54) is 4.31 Å². The number of benzene rings is 2. The highest BCUT2D eigenvalue weighted by molar-refractivity contribution is 7.92. The van der Waals surface area contributed by atoms with Crippen molar-refractivity contribution in [1.29, 1.82) is 0 Å². The van der Waals surface area contributed by atoms with Crippen LogP contribution in [0.1, 0.15) is 30.4 Å². The lowest BCUT2D eigenvalue weighted by atomic mass is 10.1. The molecule has 31 heavy (non-hydrogen) atoms. The molecule has 0 radical (unpaired) electrons. The van der Waals surface area contributed by atoms with E-state index in [2.05, 4.69) is 5.32 Å². The van der Waals surface area contributed by atoms with Crippen molar-refractivity contribution in [3.63, 3.8) is 0 Å². The largest absolute Gasteiger partial charge is 0.497 e. The van der Waals surface area contributed by atoms with Gasteiger partial charge < -0.3 is 14.8 Å². The summed E-state index contributed by atoms with van der Waals surface area (Å²) in [6.07, 6.45) is 1.72. The van der Waals surface area contributed by atoms with E-state index in [4.69, 9.17) is 9.47 Å². The number of amides is 1. The Hall–Kier alpha value is -2.58. The fourth-order valence-corrected chi connectivity index (χ4v) is 4.58. The van der Waals surface area contributed by atoms with Gasteiger partial charge in [-0.3, -0.25) is 9.10 Å². The van der Waals surface area contributed by atoms with Crippen LogP contribution < -0.4 is 14.4 Å². The van der Waals surface area contributed by atoms with Crippen LogP contribution in [0.15, 0.2) is 47.4 Å². The van der Waals surface area contributed by atoms with Crippen LogP contribution in [0.2, 0.25) is 0 Å². The SMILES string of the molecule is COCCCCNC(=O)CCN(c1ccc(OC)cc1)S(=O)(=O)c1ccc(C)c(C)c1. The molecule has 0 aliphatic carbocycles. The fourth-order valence-electron chi connectivity index (χ4n) is 3.03. The van der Waals surface area contributed by atoms with E-state index in [0.29, 0.717) is 24.6 Å². The summed E-state index contributed by atoms with van der Waals surface area (Å²) in [5, 5.41) is 2.84. The number of aryl methyl sites for hydroxylation is 2. The van der Waals surface area contributed by atoms with E-state index in [1.54, 1.807) is 56.7 Å². The number of ether oxygens (including phenoxy) is 2. The molecule has 2 aromatic carbocycles. The summed E-state index contributed by atoms with van der Waals surface area (Å²) >= 11 is 0. The van der Waals surface area contributed by atoms with Gasteiger partial charge in [-0.1, -0.05) is 6.07 Å². The zero-order valence-corrected chi connectivity index (χ0v) is 19.5. The second-order valence-electron chi connectivity index (χ2n) is 7.32.